The number of halogens is 3. The first kappa shape index (κ1) is 21.6. The molecule has 0 N–H and O–H groups in total. The van der Waals surface area contributed by atoms with Crippen molar-refractivity contribution in [1.29, 1.82) is 0 Å². The topological polar surface area (TPSA) is 93.0 Å². The number of benzene rings is 2. The minimum absolute atomic E-state index is 0.100. The summed E-state index contributed by atoms with van der Waals surface area (Å²) in [6.45, 7) is -0.134. The van der Waals surface area contributed by atoms with E-state index in [0.717, 1.165) is 29.3 Å². The Morgan fingerprint density at radius 3 is 2.66 bits per heavy atom. The summed E-state index contributed by atoms with van der Waals surface area (Å²) in [7, 11) is 0. The van der Waals surface area contributed by atoms with Crippen LogP contribution in [0.15, 0.2) is 66.0 Å². The van der Waals surface area contributed by atoms with Crippen LogP contribution in [0.25, 0.3) is 16.6 Å². The van der Waals surface area contributed by atoms with Crippen molar-refractivity contribution in [1.82, 2.24) is 19.7 Å². The summed E-state index contributed by atoms with van der Waals surface area (Å²) in [6.07, 6.45) is -2.93. The number of hydrogen-bond donors (Lipinski definition) is 0. The maximum absolute atomic E-state index is 13.2. The fourth-order valence-corrected chi connectivity index (χ4v) is 3.71. The Labute approximate surface area is 183 Å². The van der Waals surface area contributed by atoms with Crippen LogP contribution in [-0.2, 0) is 17.6 Å². The van der Waals surface area contributed by atoms with Gasteiger partial charge in [0.2, 0.25) is 0 Å². The van der Waals surface area contributed by atoms with E-state index in [0.29, 0.717) is 11.3 Å². The second-order valence-electron chi connectivity index (χ2n) is 6.56. The largest absolute Gasteiger partial charge is 0.549 e. The van der Waals surface area contributed by atoms with E-state index in [1.807, 2.05) is 12.1 Å². The Bertz CT molecular complexity index is 1270. The molecule has 0 fully saturated rings. The lowest BCUT2D eigenvalue weighted by atomic mass is 10.2. The number of rotatable bonds is 7. The predicted molar refractivity (Wildman–Crippen MR) is 108 cm³/mol. The van der Waals surface area contributed by atoms with Crippen molar-refractivity contribution < 1.29 is 27.8 Å². The van der Waals surface area contributed by atoms with Crippen molar-refractivity contribution in [2.45, 2.75) is 17.9 Å². The lowest BCUT2D eigenvalue weighted by molar-refractivity contribution is -0.301. The van der Waals surface area contributed by atoms with E-state index in [9.17, 15) is 23.1 Å². The standard InChI is InChI=1S/C21H15F3N4O3S/c22-21(23,24)14-6-2-7-15(10-14)28-17(26-27-20(28)32-12-18(29)30)11-31-16-8-1-4-13-5-3-9-25-19(13)16/h1-10H,11-12H2,(H,29,30)/p-1. The molecule has 0 spiro atoms. The highest BCUT2D eigenvalue weighted by Crippen LogP contribution is 2.32. The number of aliphatic carboxylic acids is 1. The third-order valence-corrected chi connectivity index (χ3v) is 5.31. The van der Waals surface area contributed by atoms with Crippen molar-refractivity contribution >= 4 is 28.6 Å². The van der Waals surface area contributed by atoms with E-state index < -0.39 is 23.5 Å². The van der Waals surface area contributed by atoms with Gasteiger partial charge in [0, 0.05) is 17.3 Å². The summed E-state index contributed by atoms with van der Waals surface area (Å²) >= 11 is 0.787. The first-order valence-electron chi connectivity index (χ1n) is 9.24. The maximum atomic E-state index is 13.2. The molecule has 0 radical (unpaired) electrons. The fourth-order valence-electron chi connectivity index (χ4n) is 3.03. The van der Waals surface area contributed by atoms with Gasteiger partial charge >= 0.3 is 6.18 Å². The van der Waals surface area contributed by atoms with Gasteiger partial charge in [-0.3, -0.25) is 9.55 Å². The third kappa shape index (κ3) is 4.67. The Hall–Kier alpha value is -3.60. The molecular formula is C21H14F3N4O3S-. The average Bonchev–Trinajstić information content (AvgIpc) is 3.18. The summed E-state index contributed by atoms with van der Waals surface area (Å²) in [5.41, 5.74) is -0.114. The molecule has 11 heteroatoms. The molecule has 7 nitrogen and oxygen atoms in total. The number of thioether (sulfide) groups is 1. The van der Waals surface area contributed by atoms with Gasteiger partial charge in [-0.2, -0.15) is 13.2 Å². The van der Waals surface area contributed by atoms with Crippen LogP contribution in [0.3, 0.4) is 0 Å². The molecule has 4 aromatic rings. The number of carboxylic acid groups (broad SMARTS) is 1. The number of hydrogen-bond acceptors (Lipinski definition) is 7. The van der Waals surface area contributed by atoms with Crippen LogP contribution in [0.1, 0.15) is 11.4 Å². The van der Waals surface area contributed by atoms with Gasteiger partial charge in [-0.05, 0) is 30.3 Å². The molecule has 0 amide bonds. The molecular weight excluding hydrogens is 445 g/mol. The molecule has 32 heavy (non-hydrogen) atoms. The molecule has 0 saturated carbocycles. The van der Waals surface area contributed by atoms with Gasteiger partial charge in [0.15, 0.2) is 11.0 Å². The van der Waals surface area contributed by atoms with Crippen LogP contribution in [0.2, 0.25) is 0 Å². The van der Waals surface area contributed by atoms with E-state index in [1.54, 1.807) is 24.4 Å². The maximum Gasteiger partial charge on any atom is 0.416 e. The number of carbonyl (C=O) groups is 1. The molecule has 0 aliphatic rings. The van der Waals surface area contributed by atoms with Gasteiger partial charge in [-0.1, -0.05) is 36.0 Å². The molecule has 0 unspecified atom stereocenters. The minimum Gasteiger partial charge on any atom is -0.549 e. The molecule has 2 heterocycles. The van der Waals surface area contributed by atoms with Gasteiger partial charge in [0.25, 0.3) is 0 Å². The molecule has 4 rings (SSSR count). The number of carboxylic acids is 1. The number of fused-ring (bicyclic) bond motifs is 1. The molecule has 2 aromatic carbocycles. The molecule has 164 valence electrons. The molecule has 0 bridgehead atoms. The molecule has 0 aliphatic carbocycles. The third-order valence-electron chi connectivity index (χ3n) is 4.40. The number of carbonyl (C=O) groups excluding carboxylic acids is 1. The number of aromatic nitrogens is 4. The van der Waals surface area contributed by atoms with Crippen LogP contribution < -0.4 is 9.84 Å². The highest BCUT2D eigenvalue weighted by Gasteiger charge is 2.31. The molecule has 2 aromatic heterocycles. The lowest BCUT2D eigenvalue weighted by Gasteiger charge is -2.14. The fraction of sp³-hybridized carbons (Fsp3) is 0.143. The molecule has 0 atom stereocenters. The van der Waals surface area contributed by atoms with Crippen molar-refractivity contribution in [2.75, 3.05) is 5.75 Å². The Morgan fingerprint density at radius 2 is 1.88 bits per heavy atom. The zero-order chi connectivity index (χ0) is 22.7. The first-order valence-corrected chi connectivity index (χ1v) is 10.2. The first-order chi connectivity index (χ1) is 15.3. The van der Waals surface area contributed by atoms with E-state index in [2.05, 4.69) is 15.2 Å². The van der Waals surface area contributed by atoms with Crippen molar-refractivity contribution in [3.8, 4) is 11.4 Å². The zero-order valence-electron chi connectivity index (χ0n) is 16.2. The van der Waals surface area contributed by atoms with Gasteiger partial charge in [-0.25, -0.2) is 0 Å². The summed E-state index contributed by atoms with van der Waals surface area (Å²) in [5.74, 6) is -1.12. The number of para-hydroxylation sites is 1. The van der Waals surface area contributed by atoms with Crippen molar-refractivity contribution in [3.63, 3.8) is 0 Å². The van der Waals surface area contributed by atoms with Gasteiger partial charge in [-0.15, -0.1) is 10.2 Å². The van der Waals surface area contributed by atoms with E-state index in [4.69, 9.17) is 4.74 Å². The minimum atomic E-state index is -4.55. The number of pyridine rings is 1. The summed E-state index contributed by atoms with van der Waals surface area (Å²) in [6, 6.07) is 13.6. The van der Waals surface area contributed by atoms with E-state index in [-0.39, 0.29) is 23.3 Å². The lowest BCUT2D eigenvalue weighted by Crippen LogP contribution is -2.24. The Kier molecular flexibility index (Phi) is 5.99. The van der Waals surface area contributed by atoms with Gasteiger partial charge in [0.05, 0.1) is 17.2 Å². The molecule has 0 saturated heterocycles. The quantitative estimate of drug-likeness (QED) is 0.392. The smallest absolute Gasteiger partial charge is 0.416 e. The Morgan fingerprint density at radius 1 is 1.09 bits per heavy atom. The van der Waals surface area contributed by atoms with Crippen molar-refractivity contribution in [3.05, 3.63) is 72.2 Å². The second-order valence-corrected chi connectivity index (χ2v) is 7.51. The number of alkyl halides is 3. The van der Waals surface area contributed by atoms with E-state index in [1.165, 1.54) is 16.7 Å². The van der Waals surface area contributed by atoms with Crippen LogP contribution in [0.4, 0.5) is 13.2 Å². The normalized spacial score (nSPS) is 11.6. The number of nitrogens with zero attached hydrogens (tertiary/aromatic N) is 4. The van der Waals surface area contributed by atoms with Gasteiger partial charge < -0.3 is 14.6 Å². The summed E-state index contributed by atoms with van der Waals surface area (Å²) in [5, 5.41) is 19.8. The van der Waals surface area contributed by atoms with Crippen molar-refractivity contribution in [2.24, 2.45) is 0 Å². The highest BCUT2D eigenvalue weighted by atomic mass is 32.2. The monoisotopic (exact) mass is 459 g/mol. The van der Waals surface area contributed by atoms with E-state index >= 15 is 0 Å². The summed E-state index contributed by atoms with van der Waals surface area (Å²) < 4.78 is 46.8. The predicted octanol–water partition coefficient (Wildman–Crippen LogP) is 3.26. The zero-order valence-corrected chi connectivity index (χ0v) is 17.1. The van der Waals surface area contributed by atoms with Gasteiger partial charge in [0.1, 0.15) is 17.9 Å². The van der Waals surface area contributed by atoms with Crippen LogP contribution >= 0.6 is 11.8 Å². The molecule has 0 aliphatic heterocycles. The average molecular weight is 459 g/mol. The highest BCUT2D eigenvalue weighted by molar-refractivity contribution is 7.99. The van der Waals surface area contributed by atoms with Crippen LogP contribution in [0, 0.1) is 0 Å². The van der Waals surface area contributed by atoms with Crippen LogP contribution in [-0.4, -0.2) is 31.5 Å². The Balaban J connectivity index is 1.70. The SMILES string of the molecule is O=C([O-])CSc1nnc(COc2cccc3cccnc23)n1-c1cccc(C(F)(F)F)c1. The summed E-state index contributed by atoms with van der Waals surface area (Å²) in [4.78, 5) is 15.2. The van der Waals surface area contributed by atoms with Crippen LogP contribution in [0.5, 0.6) is 5.75 Å². The number of ether oxygens (including phenoxy) is 1. The second kappa shape index (κ2) is 8.87.